The highest BCUT2D eigenvalue weighted by atomic mass is 32.2. The van der Waals surface area contributed by atoms with Crippen molar-refractivity contribution in [2.24, 2.45) is 11.3 Å². The molecule has 5 heteroatoms. The number of sulfonamides is 1. The summed E-state index contributed by atoms with van der Waals surface area (Å²) in [4.78, 5) is 0.202. The van der Waals surface area contributed by atoms with Crippen LogP contribution >= 0.6 is 0 Å². The highest BCUT2D eigenvalue weighted by molar-refractivity contribution is 7.89. The first-order valence-corrected chi connectivity index (χ1v) is 8.26. The van der Waals surface area contributed by atoms with E-state index in [9.17, 15) is 13.5 Å². The lowest BCUT2D eigenvalue weighted by Crippen LogP contribution is -2.33. The van der Waals surface area contributed by atoms with Crippen LogP contribution < -0.4 is 4.72 Å². The number of benzene rings is 1. The summed E-state index contributed by atoms with van der Waals surface area (Å²) < 4.78 is 27.1. The Kier molecular flexibility index (Phi) is 5.35. The molecule has 0 aromatic heterocycles. The Bertz CT molecular complexity index is 559. The van der Waals surface area contributed by atoms with Gasteiger partial charge in [-0.25, -0.2) is 13.1 Å². The van der Waals surface area contributed by atoms with Crippen LogP contribution in [0.4, 0.5) is 0 Å². The molecule has 0 spiro atoms. The lowest BCUT2D eigenvalue weighted by Gasteiger charge is -2.27. The maximum Gasteiger partial charge on any atom is 0.240 e. The third-order valence-corrected chi connectivity index (χ3v) is 5.28. The standard InChI is InChI=1S/C15H25NO3S/c1-11-6-7-14(8-13(11)10-17)20(18,19)16-9-12(2)15(3,4)5/h6-8,12,16-17H,9-10H2,1-5H3. The zero-order chi connectivity index (χ0) is 15.6. The molecule has 0 saturated heterocycles. The zero-order valence-corrected chi connectivity index (χ0v) is 13.7. The van der Waals surface area contributed by atoms with Crippen LogP contribution in [0.25, 0.3) is 0 Å². The molecule has 0 saturated carbocycles. The van der Waals surface area contributed by atoms with E-state index >= 15 is 0 Å². The number of aliphatic hydroxyl groups is 1. The van der Waals surface area contributed by atoms with Crippen LogP contribution in [-0.4, -0.2) is 20.1 Å². The average molecular weight is 299 g/mol. The molecule has 1 unspecified atom stereocenters. The molecule has 0 fully saturated rings. The Labute approximate surface area is 122 Å². The van der Waals surface area contributed by atoms with Crippen molar-refractivity contribution < 1.29 is 13.5 Å². The molecule has 2 N–H and O–H groups in total. The van der Waals surface area contributed by atoms with Crippen LogP contribution in [0.1, 0.15) is 38.8 Å². The lowest BCUT2D eigenvalue weighted by atomic mass is 9.82. The van der Waals surface area contributed by atoms with Crippen molar-refractivity contribution in [3.8, 4) is 0 Å². The van der Waals surface area contributed by atoms with Crippen molar-refractivity contribution in [3.63, 3.8) is 0 Å². The van der Waals surface area contributed by atoms with Gasteiger partial charge in [0, 0.05) is 6.54 Å². The predicted molar refractivity (Wildman–Crippen MR) is 80.9 cm³/mol. The van der Waals surface area contributed by atoms with Gasteiger partial charge in [-0.05, 0) is 41.5 Å². The minimum atomic E-state index is -3.53. The summed E-state index contributed by atoms with van der Waals surface area (Å²) in [6, 6.07) is 4.81. The van der Waals surface area contributed by atoms with Gasteiger partial charge in [0.1, 0.15) is 0 Å². The molecule has 0 heterocycles. The second-order valence-corrected chi connectivity index (χ2v) is 8.13. The third kappa shape index (κ3) is 4.30. The highest BCUT2D eigenvalue weighted by Gasteiger charge is 2.23. The minimum Gasteiger partial charge on any atom is -0.392 e. The van der Waals surface area contributed by atoms with Crippen molar-refractivity contribution in [3.05, 3.63) is 29.3 Å². The van der Waals surface area contributed by atoms with Gasteiger partial charge in [-0.2, -0.15) is 0 Å². The van der Waals surface area contributed by atoms with Crippen molar-refractivity contribution in [2.75, 3.05) is 6.54 Å². The summed E-state index contributed by atoms with van der Waals surface area (Å²) in [5, 5.41) is 9.22. The van der Waals surface area contributed by atoms with E-state index in [-0.39, 0.29) is 22.8 Å². The Morgan fingerprint density at radius 3 is 2.40 bits per heavy atom. The smallest absolute Gasteiger partial charge is 0.240 e. The molecule has 1 atom stereocenters. The van der Waals surface area contributed by atoms with Crippen LogP contribution in [-0.2, 0) is 16.6 Å². The van der Waals surface area contributed by atoms with Gasteiger partial charge in [-0.3, -0.25) is 0 Å². The second kappa shape index (κ2) is 6.24. The van der Waals surface area contributed by atoms with Crippen LogP contribution in [0.5, 0.6) is 0 Å². The number of rotatable bonds is 5. The molecule has 0 aliphatic carbocycles. The van der Waals surface area contributed by atoms with E-state index in [1.54, 1.807) is 12.1 Å². The van der Waals surface area contributed by atoms with E-state index < -0.39 is 10.0 Å². The van der Waals surface area contributed by atoms with Crippen LogP contribution in [0.2, 0.25) is 0 Å². The fourth-order valence-electron chi connectivity index (χ4n) is 1.61. The van der Waals surface area contributed by atoms with E-state index in [0.717, 1.165) is 5.56 Å². The molecule has 1 aromatic rings. The van der Waals surface area contributed by atoms with Gasteiger partial charge in [-0.1, -0.05) is 33.8 Å². The van der Waals surface area contributed by atoms with Gasteiger partial charge in [0.15, 0.2) is 0 Å². The van der Waals surface area contributed by atoms with Gasteiger partial charge in [-0.15, -0.1) is 0 Å². The second-order valence-electron chi connectivity index (χ2n) is 6.37. The van der Waals surface area contributed by atoms with Crippen molar-refractivity contribution in [2.45, 2.75) is 46.1 Å². The number of aliphatic hydroxyl groups excluding tert-OH is 1. The largest absolute Gasteiger partial charge is 0.392 e. The summed E-state index contributed by atoms with van der Waals surface area (Å²) in [5.74, 6) is 0.222. The lowest BCUT2D eigenvalue weighted by molar-refractivity contribution is 0.263. The first-order chi connectivity index (χ1) is 9.08. The quantitative estimate of drug-likeness (QED) is 0.877. The summed E-state index contributed by atoms with van der Waals surface area (Å²) in [6.45, 7) is 10.4. The van der Waals surface area contributed by atoms with Crippen molar-refractivity contribution in [1.82, 2.24) is 4.72 Å². The number of hydrogen-bond acceptors (Lipinski definition) is 3. The SMILES string of the molecule is Cc1ccc(S(=O)(=O)NCC(C)C(C)(C)C)cc1CO. The molecule has 114 valence electrons. The maximum atomic E-state index is 12.3. The molecule has 0 aliphatic rings. The van der Waals surface area contributed by atoms with Gasteiger partial charge in [0.2, 0.25) is 10.0 Å². The summed E-state index contributed by atoms with van der Waals surface area (Å²) in [6.07, 6.45) is 0. The van der Waals surface area contributed by atoms with Gasteiger partial charge < -0.3 is 5.11 Å². The summed E-state index contributed by atoms with van der Waals surface area (Å²) in [5.41, 5.74) is 1.57. The average Bonchev–Trinajstić information content (AvgIpc) is 2.35. The Morgan fingerprint density at radius 2 is 1.90 bits per heavy atom. The molecule has 4 nitrogen and oxygen atoms in total. The predicted octanol–water partition coefficient (Wildman–Crippen LogP) is 2.45. The molecule has 1 aromatic carbocycles. The maximum absolute atomic E-state index is 12.3. The minimum absolute atomic E-state index is 0.0477. The molecule has 20 heavy (non-hydrogen) atoms. The third-order valence-electron chi connectivity index (χ3n) is 3.86. The number of hydrogen-bond donors (Lipinski definition) is 2. The van der Waals surface area contributed by atoms with E-state index in [1.165, 1.54) is 6.07 Å². The fraction of sp³-hybridized carbons (Fsp3) is 0.600. The topological polar surface area (TPSA) is 66.4 Å². The monoisotopic (exact) mass is 299 g/mol. The van der Waals surface area contributed by atoms with Crippen LogP contribution in [0.15, 0.2) is 23.1 Å². The van der Waals surface area contributed by atoms with E-state index in [0.29, 0.717) is 12.1 Å². The molecule has 0 amide bonds. The highest BCUT2D eigenvalue weighted by Crippen LogP contribution is 2.25. The molecular weight excluding hydrogens is 274 g/mol. The van der Waals surface area contributed by atoms with Crippen LogP contribution in [0, 0.1) is 18.3 Å². The molecule has 1 rings (SSSR count). The van der Waals surface area contributed by atoms with E-state index in [1.807, 2.05) is 13.8 Å². The Hall–Kier alpha value is -0.910. The van der Waals surface area contributed by atoms with Gasteiger partial charge >= 0.3 is 0 Å². The van der Waals surface area contributed by atoms with Crippen LogP contribution in [0.3, 0.4) is 0 Å². The molecule has 0 bridgehead atoms. The zero-order valence-electron chi connectivity index (χ0n) is 12.9. The number of aryl methyl sites for hydroxylation is 1. The Balaban J connectivity index is 2.90. The fourth-order valence-corrected chi connectivity index (χ4v) is 2.79. The van der Waals surface area contributed by atoms with Gasteiger partial charge in [0.05, 0.1) is 11.5 Å². The Morgan fingerprint density at radius 1 is 1.30 bits per heavy atom. The normalized spacial score (nSPS) is 14.3. The molecule has 0 aliphatic heterocycles. The molecule has 0 radical (unpaired) electrons. The first-order valence-electron chi connectivity index (χ1n) is 6.78. The van der Waals surface area contributed by atoms with E-state index in [2.05, 4.69) is 25.5 Å². The summed E-state index contributed by atoms with van der Waals surface area (Å²) >= 11 is 0. The van der Waals surface area contributed by atoms with Crippen molar-refractivity contribution in [1.29, 1.82) is 0 Å². The molecular formula is C15H25NO3S. The number of nitrogens with one attached hydrogen (secondary N) is 1. The van der Waals surface area contributed by atoms with Gasteiger partial charge in [0.25, 0.3) is 0 Å². The first kappa shape index (κ1) is 17.1. The van der Waals surface area contributed by atoms with E-state index in [4.69, 9.17) is 0 Å². The van der Waals surface area contributed by atoms with Crippen molar-refractivity contribution >= 4 is 10.0 Å². The summed E-state index contributed by atoms with van der Waals surface area (Å²) in [7, 11) is -3.53.